The number of aromatic nitrogens is 2. The Morgan fingerprint density at radius 3 is 2.54 bits per heavy atom. The van der Waals surface area contributed by atoms with E-state index in [0.29, 0.717) is 11.5 Å². The van der Waals surface area contributed by atoms with Gasteiger partial charge in [0.2, 0.25) is 5.95 Å². The topological polar surface area (TPSA) is 79.8 Å². The molecule has 2 heterocycles. The van der Waals surface area contributed by atoms with Crippen molar-refractivity contribution in [2.75, 3.05) is 45.2 Å². The Bertz CT molecular complexity index is 733. The summed E-state index contributed by atoms with van der Waals surface area (Å²) >= 11 is 0. The van der Waals surface area contributed by atoms with Crippen LogP contribution in [0, 0.1) is 0 Å². The number of amides is 1. The lowest BCUT2D eigenvalue weighted by Crippen LogP contribution is -2.46. The average molecular weight is 357 g/mol. The van der Waals surface area contributed by atoms with E-state index in [-0.39, 0.29) is 0 Å². The van der Waals surface area contributed by atoms with E-state index in [2.05, 4.69) is 25.1 Å². The Morgan fingerprint density at radius 2 is 1.88 bits per heavy atom. The molecule has 1 amide bonds. The van der Waals surface area contributed by atoms with Gasteiger partial charge in [0.25, 0.3) is 0 Å². The highest BCUT2D eigenvalue weighted by molar-refractivity contribution is 5.71. The number of rotatable bonds is 5. The van der Waals surface area contributed by atoms with Gasteiger partial charge in [-0.3, -0.25) is 4.90 Å². The molecule has 0 radical (unpaired) electrons. The SMILES string of the molecule is CNC(=O)Oc1ccc(CN2CCN(c3ncccn3)CC2)cc1OC. The monoisotopic (exact) mass is 357 g/mol. The third-order valence-corrected chi connectivity index (χ3v) is 4.25. The predicted molar refractivity (Wildman–Crippen MR) is 97.6 cm³/mol. The van der Waals surface area contributed by atoms with Crippen LogP contribution in [-0.4, -0.2) is 61.3 Å². The van der Waals surface area contributed by atoms with Crippen LogP contribution >= 0.6 is 0 Å². The minimum Gasteiger partial charge on any atom is -0.493 e. The smallest absolute Gasteiger partial charge is 0.412 e. The summed E-state index contributed by atoms with van der Waals surface area (Å²) in [6.45, 7) is 4.44. The first kappa shape index (κ1) is 17.9. The van der Waals surface area contributed by atoms with Gasteiger partial charge >= 0.3 is 6.09 Å². The molecule has 1 aromatic heterocycles. The van der Waals surface area contributed by atoms with Crippen molar-refractivity contribution in [1.29, 1.82) is 0 Å². The maximum absolute atomic E-state index is 11.4. The molecule has 8 nitrogen and oxygen atoms in total. The molecule has 1 fully saturated rings. The lowest BCUT2D eigenvalue weighted by Gasteiger charge is -2.34. The number of hydrogen-bond donors (Lipinski definition) is 1. The third kappa shape index (κ3) is 4.40. The Balaban J connectivity index is 1.59. The number of nitrogens with one attached hydrogen (secondary N) is 1. The van der Waals surface area contributed by atoms with Crippen molar-refractivity contribution in [1.82, 2.24) is 20.2 Å². The van der Waals surface area contributed by atoms with Crippen LogP contribution in [-0.2, 0) is 6.54 Å². The largest absolute Gasteiger partial charge is 0.493 e. The van der Waals surface area contributed by atoms with E-state index >= 15 is 0 Å². The number of ether oxygens (including phenoxy) is 2. The molecule has 1 aliphatic heterocycles. The number of piperazine rings is 1. The molecule has 1 saturated heterocycles. The number of benzene rings is 1. The summed E-state index contributed by atoms with van der Waals surface area (Å²) in [5.74, 6) is 1.73. The van der Waals surface area contributed by atoms with Crippen LogP contribution in [0.15, 0.2) is 36.7 Å². The summed E-state index contributed by atoms with van der Waals surface area (Å²) in [5.41, 5.74) is 1.11. The first-order valence-corrected chi connectivity index (χ1v) is 8.50. The minimum atomic E-state index is -0.518. The lowest BCUT2D eigenvalue weighted by molar-refractivity contribution is 0.200. The van der Waals surface area contributed by atoms with Gasteiger partial charge in [-0.2, -0.15) is 0 Å². The molecule has 8 heteroatoms. The summed E-state index contributed by atoms with van der Waals surface area (Å²) in [6, 6.07) is 7.44. The van der Waals surface area contributed by atoms with Gasteiger partial charge in [-0.05, 0) is 23.8 Å². The van der Waals surface area contributed by atoms with Crippen LogP contribution < -0.4 is 19.7 Å². The summed E-state index contributed by atoms with van der Waals surface area (Å²) in [6.07, 6.45) is 3.02. The second-order valence-electron chi connectivity index (χ2n) is 5.94. The summed E-state index contributed by atoms with van der Waals surface area (Å²) in [5, 5.41) is 2.42. The van der Waals surface area contributed by atoms with Gasteiger partial charge < -0.3 is 19.7 Å². The molecule has 0 aliphatic carbocycles. The first-order chi connectivity index (χ1) is 12.7. The van der Waals surface area contributed by atoms with Gasteiger partial charge in [0.1, 0.15) is 0 Å². The molecule has 3 rings (SSSR count). The van der Waals surface area contributed by atoms with E-state index in [1.807, 2.05) is 18.2 Å². The fourth-order valence-corrected chi connectivity index (χ4v) is 2.86. The van der Waals surface area contributed by atoms with Gasteiger partial charge in [-0.1, -0.05) is 6.07 Å². The van der Waals surface area contributed by atoms with Crippen molar-refractivity contribution in [3.8, 4) is 11.5 Å². The zero-order valence-electron chi connectivity index (χ0n) is 15.0. The second-order valence-corrected chi connectivity index (χ2v) is 5.94. The molecular formula is C18H23N5O3. The molecule has 0 unspecified atom stereocenters. The Labute approximate surface area is 152 Å². The lowest BCUT2D eigenvalue weighted by atomic mass is 10.1. The number of carbonyl (C=O) groups excluding carboxylic acids is 1. The number of nitrogens with zero attached hydrogens (tertiary/aromatic N) is 4. The summed E-state index contributed by atoms with van der Waals surface area (Å²) in [4.78, 5) is 24.6. The third-order valence-electron chi connectivity index (χ3n) is 4.25. The highest BCUT2D eigenvalue weighted by atomic mass is 16.6. The Kier molecular flexibility index (Phi) is 5.85. The van der Waals surface area contributed by atoms with Gasteiger partial charge in [0, 0.05) is 52.2 Å². The molecule has 1 N–H and O–H groups in total. The number of carbonyl (C=O) groups is 1. The van der Waals surface area contributed by atoms with Crippen LogP contribution in [0.1, 0.15) is 5.56 Å². The molecule has 0 saturated carbocycles. The minimum absolute atomic E-state index is 0.404. The molecule has 1 aliphatic rings. The van der Waals surface area contributed by atoms with E-state index in [9.17, 15) is 4.79 Å². The van der Waals surface area contributed by atoms with Gasteiger partial charge in [-0.25, -0.2) is 14.8 Å². The number of anilines is 1. The molecular weight excluding hydrogens is 334 g/mol. The molecule has 26 heavy (non-hydrogen) atoms. The number of methoxy groups -OCH3 is 1. The van der Waals surface area contributed by atoms with Crippen molar-refractivity contribution in [2.24, 2.45) is 0 Å². The van der Waals surface area contributed by atoms with Crippen molar-refractivity contribution >= 4 is 12.0 Å². The highest BCUT2D eigenvalue weighted by Crippen LogP contribution is 2.28. The molecule has 0 bridgehead atoms. The van der Waals surface area contributed by atoms with E-state index < -0.39 is 6.09 Å². The van der Waals surface area contributed by atoms with E-state index in [1.165, 1.54) is 7.05 Å². The maximum Gasteiger partial charge on any atom is 0.412 e. The normalized spacial score (nSPS) is 14.8. The van der Waals surface area contributed by atoms with Crippen LogP contribution in [0.2, 0.25) is 0 Å². The Hall–Kier alpha value is -2.87. The molecule has 1 aromatic carbocycles. The molecule has 138 valence electrons. The van der Waals surface area contributed by atoms with Gasteiger partial charge in [0.05, 0.1) is 7.11 Å². The van der Waals surface area contributed by atoms with Crippen molar-refractivity contribution in [3.63, 3.8) is 0 Å². The van der Waals surface area contributed by atoms with E-state index in [4.69, 9.17) is 9.47 Å². The predicted octanol–water partition coefficient (Wildman–Crippen LogP) is 1.53. The van der Waals surface area contributed by atoms with E-state index in [1.54, 1.807) is 25.6 Å². The van der Waals surface area contributed by atoms with Crippen LogP contribution in [0.5, 0.6) is 11.5 Å². The average Bonchev–Trinajstić information content (AvgIpc) is 2.70. The van der Waals surface area contributed by atoms with Crippen molar-refractivity contribution in [3.05, 3.63) is 42.2 Å². The van der Waals surface area contributed by atoms with Crippen LogP contribution in [0.25, 0.3) is 0 Å². The second kappa shape index (κ2) is 8.48. The van der Waals surface area contributed by atoms with Crippen molar-refractivity contribution < 1.29 is 14.3 Å². The Morgan fingerprint density at radius 1 is 1.15 bits per heavy atom. The molecule has 0 spiro atoms. The van der Waals surface area contributed by atoms with Crippen molar-refractivity contribution in [2.45, 2.75) is 6.54 Å². The van der Waals surface area contributed by atoms with Crippen LogP contribution in [0.3, 0.4) is 0 Å². The quantitative estimate of drug-likeness (QED) is 0.869. The standard InChI is InChI=1S/C18H23N5O3/c1-19-18(24)26-15-5-4-14(12-16(15)25-2)13-22-8-10-23(11-9-22)17-20-6-3-7-21-17/h3-7,12H,8-11,13H2,1-2H3,(H,19,24). The van der Waals surface area contributed by atoms with Gasteiger partial charge in [-0.15, -0.1) is 0 Å². The molecule has 0 atom stereocenters. The highest BCUT2D eigenvalue weighted by Gasteiger charge is 2.19. The summed E-state index contributed by atoms with van der Waals surface area (Å²) < 4.78 is 10.5. The first-order valence-electron chi connectivity index (χ1n) is 8.50. The van der Waals surface area contributed by atoms with Crippen LogP contribution in [0.4, 0.5) is 10.7 Å². The fourth-order valence-electron chi connectivity index (χ4n) is 2.86. The zero-order chi connectivity index (χ0) is 18.4. The fraction of sp³-hybridized carbons (Fsp3) is 0.389. The summed E-state index contributed by atoms with van der Waals surface area (Å²) in [7, 11) is 3.08. The van der Waals surface area contributed by atoms with E-state index in [0.717, 1.165) is 44.2 Å². The van der Waals surface area contributed by atoms with Gasteiger partial charge in [0.15, 0.2) is 11.5 Å². The number of hydrogen-bond acceptors (Lipinski definition) is 7. The maximum atomic E-state index is 11.4. The molecule has 2 aromatic rings. The zero-order valence-corrected chi connectivity index (χ0v) is 15.0.